The predicted molar refractivity (Wildman–Crippen MR) is 74.2 cm³/mol. The van der Waals surface area contributed by atoms with Crippen LogP contribution in [-0.4, -0.2) is 37.3 Å². The first-order chi connectivity index (χ1) is 10.1. The highest BCUT2D eigenvalue weighted by Gasteiger charge is 2.32. The first-order valence-corrected chi connectivity index (χ1v) is 6.48. The molecule has 1 aromatic heterocycles. The number of methoxy groups -OCH3 is 1. The molecule has 7 heteroatoms. The van der Waals surface area contributed by atoms with Crippen LogP contribution in [0.5, 0.6) is 0 Å². The molecule has 0 aliphatic carbocycles. The molecule has 2 heterocycles. The molecule has 1 atom stereocenters. The van der Waals surface area contributed by atoms with Crippen LogP contribution in [0.4, 0.5) is 4.79 Å². The maximum absolute atomic E-state index is 12.2. The minimum Gasteiger partial charge on any atom is -0.460 e. The summed E-state index contributed by atoms with van der Waals surface area (Å²) in [5.74, 6) is -0.507. The highest BCUT2D eigenvalue weighted by atomic mass is 16.6. The zero-order chi connectivity index (χ0) is 15.2. The van der Waals surface area contributed by atoms with Crippen molar-refractivity contribution in [2.45, 2.75) is 13.0 Å². The van der Waals surface area contributed by atoms with Crippen LogP contribution < -0.4 is 10.6 Å². The van der Waals surface area contributed by atoms with E-state index in [1.165, 1.54) is 7.11 Å². The van der Waals surface area contributed by atoms with Gasteiger partial charge in [-0.05, 0) is 19.1 Å². The predicted octanol–water partition coefficient (Wildman–Crippen LogP) is 0.899. The third-order valence-corrected chi connectivity index (χ3v) is 2.99. The third kappa shape index (κ3) is 3.57. The van der Waals surface area contributed by atoms with Gasteiger partial charge >= 0.3 is 12.0 Å². The topological polar surface area (TPSA) is 89.5 Å². The van der Waals surface area contributed by atoms with Gasteiger partial charge in [-0.15, -0.1) is 0 Å². The summed E-state index contributed by atoms with van der Waals surface area (Å²) in [4.78, 5) is 28.0. The Bertz CT molecular complexity index is 557. The molecule has 2 amide bonds. The molecular formula is C14H17N3O4. The number of ether oxygens (including phenoxy) is 2. The summed E-state index contributed by atoms with van der Waals surface area (Å²) in [6, 6.07) is 4.29. The number of carbonyl (C=O) groups excluding carboxylic acids is 2. The Morgan fingerprint density at radius 3 is 2.86 bits per heavy atom. The molecule has 21 heavy (non-hydrogen) atoms. The largest absolute Gasteiger partial charge is 0.460 e. The fourth-order valence-corrected chi connectivity index (χ4v) is 2.03. The average molecular weight is 291 g/mol. The number of hydrogen-bond donors (Lipinski definition) is 2. The van der Waals surface area contributed by atoms with Crippen molar-refractivity contribution in [2.24, 2.45) is 0 Å². The molecule has 7 nitrogen and oxygen atoms in total. The molecular weight excluding hydrogens is 274 g/mol. The fourth-order valence-electron chi connectivity index (χ4n) is 2.03. The molecule has 2 rings (SSSR count). The molecule has 0 aromatic carbocycles. The zero-order valence-corrected chi connectivity index (χ0v) is 11.9. The van der Waals surface area contributed by atoms with Gasteiger partial charge in [0.1, 0.15) is 12.6 Å². The first kappa shape index (κ1) is 15.0. The highest BCUT2D eigenvalue weighted by Crippen LogP contribution is 2.25. The molecule has 0 saturated carbocycles. The first-order valence-electron chi connectivity index (χ1n) is 6.48. The van der Waals surface area contributed by atoms with Crippen molar-refractivity contribution in [3.63, 3.8) is 0 Å². The molecule has 112 valence electrons. The molecule has 0 saturated heterocycles. The van der Waals surface area contributed by atoms with E-state index in [9.17, 15) is 9.59 Å². The lowest BCUT2D eigenvalue weighted by atomic mass is 9.99. The van der Waals surface area contributed by atoms with Gasteiger partial charge in [0.2, 0.25) is 0 Å². The molecule has 1 aliphatic rings. The summed E-state index contributed by atoms with van der Waals surface area (Å²) in [7, 11) is 1.53. The van der Waals surface area contributed by atoms with Crippen molar-refractivity contribution in [3.8, 4) is 0 Å². The van der Waals surface area contributed by atoms with Crippen molar-refractivity contribution < 1.29 is 19.1 Å². The summed E-state index contributed by atoms with van der Waals surface area (Å²) >= 11 is 0. The number of nitrogens with zero attached hydrogens (tertiary/aromatic N) is 1. The molecule has 1 unspecified atom stereocenters. The fraction of sp³-hybridized carbons (Fsp3) is 0.357. The number of pyridine rings is 1. The van der Waals surface area contributed by atoms with Crippen LogP contribution in [-0.2, 0) is 14.3 Å². The SMILES string of the molecule is COCCOC(=O)C1=C(C)NC(=O)NC1c1ccccn1. The molecule has 0 bridgehead atoms. The van der Waals surface area contributed by atoms with Crippen molar-refractivity contribution in [3.05, 3.63) is 41.4 Å². The number of allylic oxidation sites excluding steroid dienone is 1. The number of carbonyl (C=O) groups is 2. The van der Waals surface area contributed by atoms with E-state index < -0.39 is 12.0 Å². The minimum absolute atomic E-state index is 0.148. The van der Waals surface area contributed by atoms with Crippen LogP contribution in [0.1, 0.15) is 18.7 Å². The Kier molecular flexibility index (Phi) is 4.89. The summed E-state index contributed by atoms with van der Waals surface area (Å²) in [6.45, 7) is 2.11. The average Bonchev–Trinajstić information content (AvgIpc) is 2.47. The lowest BCUT2D eigenvalue weighted by Crippen LogP contribution is -2.45. The van der Waals surface area contributed by atoms with Crippen LogP contribution in [0.2, 0.25) is 0 Å². The van der Waals surface area contributed by atoms with E-state index in [1.54, 1.807) is 31.3 Å². The summed E-state index contributed by atoms with van der Waals surface area (Å²) in [6.07, 6.45) is 1.60. The maximum atomic E-state index is 12.2. The van der Waals surface area contributed by atoms with Gasteiger partial charge in [0.05, 0.1) is 17.9 Å². The van der Waals surface area contributed by atoms with E-state index in [0.29, 0.717) is 23.6 Å². The highest BCUT2D eigenvalue weighted by molar-refractivity contribution is 5.94. The number of urea groups is 1. The lowest BCUT2D eigenvalue weighted by molar-refractivity contribution is -0.140. The Hall–Kier alpha value is -2.41. The number of aromatic nitrogens is 1. The normalized spacial score (nSPS) is 18.0. The van der Waals surface area contributed by atoms with Gasteiger partial charge in [0.25, 0.3) is 0 Å². The van der Waals surface area contributed by atoms with E-state index in [2.05, 4.69) is 15.6 Å². The number of rotatable bonds is 5. The van der Waals surface area contributed by atoms with Crippen LogP contribution >= 0.6 is 0 Å². The molecule has 1 aliphatic heterocycles. The van der Waals surface area contributed by atoms with Crippen molar-refractivity contribution in [1.29, 1.82) is 0 Å². The van der Waals surface area contributed by atoms with Crippen LogP contribution in [0.15, 0.2) is 35.7 Å². The Morgan fingerprint density at radius 2 is 2.19 bits per heavy atom. The van der Waals surface area contributed by atoms with E-state index in [-0.39, 0.29) is 12.6 Å². The second kappa shape index (κ2) is 6.85. The van der Waals surface area contributed by atoms with E-state index in [4.69, 9.17) is 9.47 Å². The number of amides is 2. The molecule has 2 N–H and O–H groups in total. The van der Waals surface area contributed by atoms with Gasteiger partial charge in [-0.1, -0.05) is 6.07 Å². The van der Waals surface area contributed by atoms with Gasteiger partial charge in [-0.3, -0.25) is 4.98 Å². The monoisotopic (exact) mass is 291 g/mol. The smallest absolute Gasteiger partial charge is 0.338 e. The van der Waals surface area contributed by atoms with Crippen molar-refractivity contribution in [1.82, 2.24) is 15.6 Å². The van der Waals surface area contributed by atoms with Gasteiger partial charge in [0, 0.05) is 19.0 Å². The lowest BCUT2D eigenvalue weighted by Gasteiger charge is -2.27. The van der Waals surface area contributed by atoms with Crippen molar-refractivity contribution >= 4 is 12.0 Å². The standard InChI is InChI=1S/C14H17N3O4/c1-9-11(13(18)21-8-7-20-2)12(17-14(19)16-9)10-5-3-4-6-15-10/h3-6,12H,7-8H2,1-2H3,(H2,16,17,19). The number of hydrogen-bond acceptors (Lipinski definition) is 5. The second-order valence-corrected chi connectivity index (χ2v) is 4.45. The van der Waals surface area contributed by atoms with Gasteiger partial charge in [0.15, 0.2) is 0 Å². The number of nitrogens with one attached hydrogen (secondary N) is 2. The van der Waals surface area contributed by atoms with E-state index >= 15 is 0 Å². The molecule has 0 spiro atoms. The molecule has 0 radical (unpaired) electrons. The molecule has 1 aromatic rings. The van der Waals surface area contributed by atoms with Crippen LogP contribution in [0.3, 0.4) is 0 Å². The van der Waals surface area contributed by atoms with Crippen LogP contribution in [0.25, 0.3) is 0 Å². The van der Waals surface area contributed by atoms with Gasteiger partial charge in [-0.2, -0.15) is 0 Å². The molecule has 0 fully saturated rings. The Balaban J connectivity index is 2.26. The van der Waals surface area contributed by atoms with E-state index in [1.807, 2.05) is 0 Å². The number of esters is 1. The Labute approximate surface area is 122 Å². The second-order valence-electron chi connectivity index (χ2n) is 4.45. The van der Waals surface area contributed by atoms with Crippen molar-refractivity contribution in [2.75, 3.05) is 20.3 Å². The van der Waals surface area contributed by atoms with Gasteiger partial charge in [-0.25, -0.2) is 9.59 Å². The quantitative estimate of drug-likeness (QED) is 0.621. The van der Waals surface area contributed by atoms with E-state index in [0.717, 1.165) is 0 Å². The maximum Gasteiger partial charge on any atom is 0.338 e. The van der Waals surface area contributed by atoms with Crippen LogP contribution in [0, 0.1) is 0 Å². The third-order valence-electron chi connectivity index (χ3n) is 2.99. The van der Waals surface area contributed by atoms with Gasteiger partial charge < -0.3 is 20.1 Å². The summed E-state index contributed by atoms with van der Waals surface area (Å²) in [5, 5.41) is 5.25. The summed E-state index contributed by atoms with van der Waals surface area (Å²) in [5.41, 5.74) is 1.37. The minimum atomic E-state index is -0.630. The summed E-state index contributed by atoms with van der Waals surface area (Å²) < 4.78 is 9.98. The Morgan fingerprint density at radius 1 is 1.38 bits per heavy atom. The zero-order valence-electron chi connectivity index (χ0n) is 11.9.